The fourth-order valence-corrected chi connectivity index (χ4v) is 2.23. The van der Waals surface area contributed by atoms with Gasteiger partial charge in [-0.15, -0.1) is 11.3 Å². The topological polar surface area (TPSA) is 91.2 Å². The maximum absolute atomic E-state index is 12.0. The molecule has 5 nitrogen and oxygen atoms in total. The second kappa shape index (κ2) is 5.13. The van der Waals surface area contributed by atoms with E-state index in [1.54, 1.807) is 18.2 Å². The van der Waals surface area contributed by atoms with Crippen LogP contribution in [0.4, 0.5) is 10.8 Å². The van der Waals surface area contributed by atoms with Crippen molar-refractivity contribution in [3.8, 4) is 11.3 Å². The highest BCUT2D eigenvalue weighted by atomic mass is 32.1. The number of ether oxygens (including phenoxy) is 1. The van der Waals surface area contributed by atoms with Gasteiger partial charge in [0.25, 0.3) is 0 Å². The van der Waals surface area contributed by atoms with Gasteiger partial charge in [-0.1, -0.05) is 0 Å². The number of carbonyl (C=O) groups is 1. The maximum Gasteiger partial charge on any atom is 0.338 e. The molecule has 20 heavy (non-hydrogen) atoms. The minimum Gasteiger partial charge on any atom is -0.456 e. The Morgan fingerprint density at radius 2 is 2.00 bits per heavy atom. The second-order valence-electron chi connectivity index (χ2n) is 5.37. The van der Waals surface area contributed by atoms with E-state index in [0.29, 0.717) is 22.1 Å². The van der Waals surface area contributed by atoms with Crippen LogP contribution in [0.25, 0.3) is 11.3 Å². The Morgan fingerprint density at radius 3 is 2.50 bits per heavy atom. The minimum absolute atomic E-state index is 0.395. The molecule has 0 fully saturated rings. The van der Waals surface area contributed by atoms with Crippen LogP contribution in [0.2, 0.25) is 0 Å². The summed E-state index contributed by atoms with van der Waals surface area (Å²) >= 11 is 1.35. The number of esters is 1. The lowest BCUT2D eigenvalue weighted by molar-refractivity contribution is 0.00696. The summed E-state index contributed by atoms with van der Waals surface area (Å²) in [5, 5.41) is 2.31. The number of thiazole rings is 1. The van der Waals surface area contributed by atoms with E-state index in [-0.39, 0.29) is 0 Å². The predicted octanol–water partition coefficient (Wildman–Crippen LogP) is 2.93. The van der Waals surface area contributed by atoms with E-state index in [2.05, 4.69) is 4.98 Å². The lowest BCUT2D eigenvalue weighted by atomic mass is 10.1. The lowest BCUT2D eigenvalue weighted by Crippen LogP contribution is -2.23. The molecule has 0 bridgehead atoms. The van der Waals surface area contributed by atoms with Gasteiger partial charge in [-0.2, -0.15) is 0 Å². The van der Waals surface area contributed by atoms with Crippen LogP contribution in [-0.2, 0) is 4.74 Å². The molecule has 0 aliphatic heterocycles. The van der Waals surface area contributed by atoms with Crippen molar-refractivity contribution >= 4 is 28.1 Å². The molecule has 6 heteroatoms. The van der Waals surface area contributed by atoms with Gasteiger partial charge < -0.3 is 16.2 Å². The normalized spacial score (nSPS) is 11.3. The molecule has 0 aliphatic carbocycles. The van der Waals surface area contributed by atoms with Crippen LogP contribution < -0.4 is 11.5 Å². The van der Waals surface area contributed by atoms with Crippen LogP contribution in [0.1, 0.15) is 31.1 Å². The van der Waals surface area contributed by atoms with E-state index in [4.69, 9.17) is 16.2 Å². The second-order valence-corrected chi connectivity index (χ2v) is 6.26. The first kappa shape index (κ1) is 14.3. The molecule has 0 atom stereocenters. The number of benzene rings is 1. The SMILES string of the molecule is CC(C)(C)OC(=O)c1ccc(-c2csc(N)n2)c(N)c1. The molecule has 0 aliphatic rings. The number of rotatable bonds is 2. The fraction of sp³-hybridized carbons (Fsp3) is 0.286. The first-order valence-electron chi connectivity index (χ1n) is 6.10. The van der Waals surface area contributed by atoms with Gasteiger partial charge in [0.1, 0.15) is 5.60 Å². The smallest absolute Gasteiger partial charge is 0.338 e. The van der Waals surface area contributed by atoms with E-state index in [0.717, 1.165) is 5.56 Å². The standard InChI is InChI=1S/C14H17N3O2S/c1-14(2,3)19-12(18)8-4-5-9(10(15)6-8)11-7-20-13(16)17-11/h4-7H,15H2,1-3H3,(H2,16,17). The van der Waals surface area contributed by atoms with E-state index < -0.39 is 11.6 Å². The molecule has 1 heterocycles. The minimum atomic E-state index is -0.534. The van der Waals surface area contributed by atoms with Crippen molar-refractivity contribution in [1.29, 1.82) is 0 Å². The Hall–Kier alpha value is -2.08. The number of hydrogen-bond donors (Lipinski definition) is 2. The molecule has 0 amide bonds. The van der Waals surface area contributed by atoms with Crippen molar-refractivity contribution in [2.75, 3.05) is 11.5 Å². The van der Waals surface area contributed by atoms with Crippen molar-refractivity contribution in [1.82, 2.24) is 4.98 Å². The molecule has 0 radical (unpaired) electrons. The molecule has 4 N–H and O–H groups in total. The number of aromatic nitrogens is 1. The quantitative estimate of drug-likeness (QED) is 0.655. The summed E-state index contributed by atoms with van der Waals surface area (Å²) < 4.78 is 5.30. The zero-order chi connectivity index (χ0) is 14.9. The molecule has 2 aromatic rings. The molecule has 0 saturated carbocycles. The molecule has 2 rings (SSSR count). The van der Waals surface area contributed by atoms with E-state index >= 15 is 0 Å². The highest BCUT2D eigenvalue weighted by molar-refractivity contribution is 7.13. The largest absolute Gasteiger partial charge is 0.456 e. The first-order chi connectivity index (χ1) is 9.26. The van der Waals surface area contributed by atoms with Crippen molar-refractivity contribution in [3.05, 3.63) is 29.1 Å². The van der Waals surface area contributed by atoms with Crippen LogP contribution in [0, 0.1) is 0 Å². The number of nitrogens with zero attached hydrogens (tertiary/aromatic N) is 1. The zero-order valence-corrected chi connectivity index (χ0v) is 12.5. The zero-order valence-electron chi connectivity index (χ0n) is 11.6. The van der Waals surface area contributed by atoms with Crippen LogP contribution in [-0.4, -0.2) is 16.6 Å². The average Bonchev–Trinajstić information content (AvgIpc) is 2.73. The van der Waals surface area contributed by atoms with E-state index in [9.17, 15) is 4.79 Å². The van der Waals surface area contributed by atoms with Gasteiger partial charge in [-0.05, 0) is 39.0 Å². The summed E-state index contributed by atoms with van der Waals surface area (Å²) in [4.78, 5) is 16.1. The monoisotopic (exact) mass is 291 g/mol. The van der Waals surface area contributed by atoms with Crippen molar-refractivity contribution in [2.45, 2.75) is 26.4 Å². The molecular weight excluding hydrogens is 274 g/mol. The molecule has 1 aromatic carbocycles. The highest BCUT2D eigenvalue weighted by Crippen LogP contribution is 2.29. The van der Waals surface area contributed by atoms with Gasteiger partial charge in [0.05, 0.1) is 11.3 Å². The third kappa shape index (κ3) is 3.27. The van der Waals surface area contributed by atoms with Gasteiger partial charge in [0, 0.05) is 16.6 Å². The van der Waals surface area contributed by atoms with Crippen molar-refractivity contribution < 1.29 is 9.53 Å². The van der Waals surface area contributed by atoms with Crippen molar-refractivity contribution in [3.63, 3.8) is 0 Å². The third-order valence-corrected chi connectivity index (χ3v) is 3.16. The van der Waals surface area contributed by atoms with E-state index in [1.807, 2.05) is 26.2 Å². The summed E-state index contributed by atoms with van der Waals surface area (Å²) in [5.41, 5.74) is 13.4. The molecule has 0 saturated heterocycles. The lowest BCUT2D eigenvalue weighted by Gasteiger charge is -2.19. The van der Waals surface area contributed by atoms with Crippen LogP contribution in [0.15, 0.2) is 23.6 Å². The molecule has 0 spiro atoms. The van der Waals surface area contributed by atoms with Gasteiger partial charge in [-0.25, -0.2) is 9.78 Å². The number of anilines is 2. The molecular formula is C14H17N3O2S. The Kier molecular flexibility index (Phi) is 3.67. The molecule has 1 aromatic heterocycles. The summed E-state index contributed by atoms with van der Waals surface area (Å²) in [5.74, 6) is -0.395. The Bertz CT molecular complexity index is 644. The summed E-state index contributed by atoms with van der Waals surface area (Å²) in [6.07, 6.45) is 0. The van der Waals surface area contributed by atoms with Crippen LogP contribution in [0.5, 0.6) is 0 Å². The Morgan fingerprint density at radius 1 is 1.30 bits per heavy atom. The number of carbonyl (C=O) groups excluding carboxylic acids is 1. The highest BCUT2D eigenvalue weighted by Gasteiger charge is 2.19. The van der Waals surface area contributed by atoms with Crippen LogP contribution in [0.3, 0.4) is 0 Å². The van der Waals surface area contributed by atoms with Crippen LogP contribution >= 0.6 is 11.3 Å². The number of nitrogen functional groups attached to an aromatic ring is 2. The predicted molar refractivity (Wildman–Crippen MR) is 81.5 cm³/mol. The maximum atomic E-state index is 12.0. The first-order valence-corrected chi connectivity index (χ1v) is 6.98. The van der Waals surface area contributed by atoms with Gasteiger partial charge in [0.2, 0.25) is 0 Å². The molecule has 106 valence electrons. The van der Waals surface area contributed by atoms with Gasteiger partial charge >= 0.3 is 5.97 Å². The van der Waals surface area contributed by atoms with Gasteiger partial charge in [0.15, 0.2) is 5.13 Å². The fourth-order valence-electron chi connectivity index (χ4n) is 1.67. The average molecular weight is 291 g/mol. The van der Waals surface area contributed by atoms with Crippen molar-refractivity contribution in [2.24, 2.45) is 0 Å². The Labute approximate surface area is 121 Å². The Balaban J connectivity index is 2.28. The summed E-state index contributed by atoms with van der Waals surface area (Å²) in [7, 11) is 0. The third-order valence-electron chi connectivity index (χ3n) is 2.48. The molecule has 0 unspecified atom stereocenters. The summed E-state index contributed by atoms with van der Waals surface area (Å²) in [6.45, 7) is 5.46. The van der Waals surface area contributed by atoms with E-state index in [1.165, 1.54) is 11.3 Å². The summed E-state index contributed by atoms with van der Waals surface area (Å²) in [6, 6.07) is 5.03. The number of hydrogen-bond acceptors (Lipinski definition) is 6. The number of nitrogens with two attached hydrogens (primary N) is 2. The van der Waals surface area contributed by atoms with Gasteiger partial charge in [-0.3, -0.25) is 0 Å².